The third kappa shape index (κ3) is 4.03. The van der Waals surface area contributed by atoms with E-state index in [1.54, 1.807) is 6.07 Å². The molecule has 4 rings (SSSR count). The molecular formula is C22H23FN2O2S. The predicted molar refractivity (Wildman–Crippen MR) is 110 cm³/mol. The molecule has 3 N–H and O–H groups in total. The number of hydrogen-bond acceptors (Lipinski definition) is 4. The lowest BCUT2D eigenvalue weighted by atomic mass is 9.92. The molecule has 0 aliphatic heterocycles. The molecule has 1 aliphatic carbocycles. The number of ether oxygens (including phenoxy) is 1. The van der Waals surface area contributed by atoms with Crippen LogP contribution in [0.15, 0.2) is 48.5 Å². The van der Waals surface area contributed by atoms with Crippen molar-refractivity contribution in [3.63, 3.8) is 0 Å². The number of carbonyl (C=O) groups excluding carboxylic acids is 1. The minimum absolute atomic E-state index is 0.116. The van der Waals surface area contributed by atoms with Gasteiger partial charge in [0, 0.05) is 27.7 Å². The molecule has 1 saturated carbocycles. The fourth-order valence-electron chi connectivity index (χ4n) is 3.68. The Morgan fingerprint density at radius 3 is 2.61 bits per heavy atom. The van der Waals surface area contributed by atoms with Gasteiger partial charge in [0.2, 0.25) is 0 Å². The van der Waals surface area contributed by atoms with Crippen LogP contribution in [-0.4, -0.2) is 18.0 Å². The van der Waals surface area contributed by atoms with Gasteiger partial charge in [-0.15, -0.1) is 11.3 Å². The van der Waals surface area contributed by atoms with Gasteiger partial charge in [-0.3, -0.25) is 4.79 Å². The SMILES string of the molecule is NC1CCC(NC(=O)c2sc3cccc(F)c3c2COc2ccccc2)CC1. The Morgan fingerprint density at radius 2 is 1.86 bits per heavy atom. The van der Waals surface area contributed by atoms with Gasteiger partial charge in [-0.2, -0.15) is 0 Å². The predicted octanol–water partition coefficient (Wildman–Crippen LogP) is 4.62. The Morgan fingerprint density at radius 1 is 1.11 bits per heavy atom. The van der Waals surface area contributed by atoms with Gasteiger partial charge in [-0.25, -0.2) is 4.39 Å². The van der Waals surface area contributed by atoms with Crippen molar-refractivity contribution in [3.8, 4) is 5.75 Å². The second-order valence-corrected chi connectivity index (χ2v) is 8.26. The molecule has 0 unspecified atom stereocenters. The normalized spacial score (nSPS) is 19.5. The van der Waals surface area contributed by atoms with E-state index < -0.39 is 0 Å². The lowest BCUT2D eigenvalue weighted by Gasteiger charge is -2.26. The first-order chi connectivity index (χ1) is 13.6. The zero-order chi connectivity index (χ0) is 19.5. The standard InChI is InChI=1S/C22H23FN2O2S/c23-18-7-4-8-19-20(18)17(13-27-16-5-2-1-3-6-16)21(28-19)22(26)25-15-11-9-14(24)10-12-15/h1-8,14-15H,9-13,24H2,(H,25,26). The van der Waals surface area contributed by atoms with Crippen LogP contribution in [0.4, 0.5) is 4.39 Å². The van der Waals surface area contributed by atoms with Crippen molar-refractivity contribution in [2.24, 2.45) is 5.73 Å². The summed E-state index contributed by atoms with van der Waals surface area (Å²) in [5.41, 5.74) is 6.56. The average molecular weight is 399 g/mol. The van der Waals surface area contributed by atoms with E-state index in [-0.39, 0.29) is 30.4 Å². The summed E-state index contributed by atoms with van der Waals surface area (Å²) in [6.45, 7) is 0.142. The number of thiophene rings is 1. The van der Waals surface area contributed by atoms with Crippen molar-refractivity contribution in [2.75, 3.05) is 0 Å². The van der Waals surface area contributed by atoms with Crippen LogP contribution in [0.2, 0.25) is 0 Å². The van der Waals surface area contributed by atoms with Crippen molar-refractivity contribution in [3.05, 3.63) is 64.8 Å². The highest BCUT2D eigenvalue weighted by Crippen LogP contribution is 2.34. The Kier molecular flexibility index (Phi) is 5.59. The number of nitrogens with two attached hydrogens (primary N) is 1. The Bertz CT molecular complexity index is 965. The summed E-state index contributed by atoms with van der Waals surface area (Å²) in [5.74, 6) is 0.196. The van der Waals surface area contributed by atoms with Crippen molar-refractivity contribution in [1.29, 1.82) is 0 Å². The van der Waals surface area contributed by atoms with Gasteiger partial charge < -0.3 is 15.8 Å². The van der Waals surface area contributed by atoms with Gasteiger partial charge in [0.25, 0.3) is 5.91 Å². The minimum Gasteiger partial charge on any atom is -0.489 e. The molecule has 2 aromatic carbocycles. The van der Waals surface area contributed by atoms with Gasteiger partial charge in [0.15, 0.2) is 0 Å². The lowest BCUT2D eigenvalue weighted by Crippen LogP contribution is -2.40. The molecule has 3 aromatic rings. The number of carbonyl (C=O) groups is 1. The first-order valence-corrected chi connectivity index (χ1v) is 10.4. The average Bonchev–Trinajstić information content (AvgIpc) is 3.09. The molecule has 146 valence electrons. The Labute approximate surface area is 167 Å². The molecule has 0 bridgehead atoms. The van der Waals surface area contributed by atoms with Crippen LogP contribution in [-0.2, 0) is 6.61 Å². The van der Waals surface area contributed by atoms with Crippen molar-refractivity contribution < 1.29 is 13.9 Å². The van der Waals surface area contributed by atoms with Crippen LogP contribution in [0.25, 0.3) is 10.1 Å². The number of para-hydroxylation sites is 1. The van der Waals surface area contributed by atoms with Crippen molar-refractivity contribution in [2.45, 2.75) is 44.4 Å². The van der Waals surface area contributed by atoms with Gasteiger partial charge in [-0.1, -0.05) is 24.3 Å². The highest BCUT2D eigenvalue weighted by molar-refractivity contribution is 7.21. The van der Waals surface area contributed by atoms with E-state index in [9.17, 15) is 9.18 Å². The molecule has 1 amide bonds. The molecule has 6 heteroatoms. The number of rotatable bonds is 5. The van der Waals surface area contributed by atoms with Crippen LogP contribution in [0.3, 0.4) is 0 Å². The third-order valence-electron chi connectivity index (χ3n) is 5.20. The van der Waals surface area contributed by atoms with E-state index in [0.717, 1.165) is 30.4 Å². The zero-order valence-corrected chi connectivity index (χ0v) is 16.3. The monoisotopic (exact) mass is 398 g/mol. The van der Waals surface area contributed by atoms with E-state index >= 15 is 0 Å². The summed E-state index contributed by atoms with van der Waals surface area (Å²) in [6, 6.07) is 14.6. The fourth-order valence-corrected chi connectivity index (χ4v) is 4.80. The van der Waals surface area contributed by atoms with E-state index in [1.807, 2.05) is 36.4 Å². The number of fused-ring (bicyclic) bond motifs is 1. The van der Waals surface area contributed by atoms with Crippen LogP contribution in [0.1, 0.15) is 40.9 Å². The number of hydrogen-bond donors (Lipinski definition) is 2. The second kappa shape index (κ2) is 8.29. The molecular weight excluding hydrogens is 375 g/mol. The van der Waals surface area contributed by atoms with Gasteiger partial charge >= 0.3 is 0 Å². The van der Waals surface area contributed by atoms with E-state index in [2.05, 4.69) is 5.32 Å². The lowest BCUT2D eigenvalue weighted by molar-refractivity contribution is 0.0928. The highest BCUT2D eigenvalue weighted by atomic mass is 32.1. The minimum atomic E-state index is -0.330. The summed E-state index contributed by atoms with van der Waals surface area (Å²) in [5, 5.41) is 3.58. The van der Waals surface area contributed by atoms with E-state index in [4.69, 9.17) is 10.5 Å². The molecule has 0 saturated heterocycles. The molecule has 0 radical (unpaired) electrons. The number of nitrogens with one attached hydrogen (secondary N) is 1. The molecule has 0 spiro atoms. The Hall–Kier alpha value is -2.44. The number of benzene rings is 2. The van der Waals surface area contributed by atoms with Crippen LogP contribution in [0, 0.1) is 5.82 Å². The zero-order valence-electron chi connectivity index (χ0n) is 15.5. The summed E-state index contributed by atoms with van der Waals surface area (Å²) in [7, 11) is 0. The number of amides is 1. The molecule has 28 heavy (non-hydrogen) atoms. The Balaban J connectivity index is 1.61. The molecule has 1 fully saturated rings. The van der Waals surface area contributed by atoms with Crippen molar-refractivity contribution in [1.82, 2.24) is 5.32 Å². The summed E-state index contributed by atoms with van der Waals surface area (Å²) in [4.78, 5) is 13.5. The smallest absolute Gasteiger partial charge is 0.262 e. The molecule has 1 heterocycles. The summed E-state index contributed by atoms with van der Waals surface area (Å²) >= 11 is 1.31. The van der Waals surface area contributed by atoms with Crippen LogP contribution >= 0.6 is 11.3 Å². The van der Waals surface area contributed by atoms with Gasteiger partial charge in [0.1, 0.15) is 18.2 Å². The third-order valence-corrected chi connectivity index (χ3v) is 6.40. The first kappa shape index (κ1) is 18.9. The molecule has 1 aromatic heterocycles. The van der Waals surface area contributed by atoms with Gasteiger partial charge in [-0.05, 0) is 49.9 Å². The van der Waals surface area contributed by atoms with Gasteiger partial charge in [0.05, 0.1) is 4.88 Å². The van der Waals surface area contributed by atoms with Crippen molar-refractivity contribution >= 4 is 27.3 Å². The molecule has 1 aliphatic rings. The quantitative estimate of drug-likeness (QED) is 0.659. The largest absolute Gasteiger partial charge is 0.489 e. The van der Waals surface area contributed by atoms with E-state index in [1.165, 1.54) is 17.4 Å². The topological polar surface area (TPSA) is 64.3 Å². The maximum atomic E-state index is 14.6. The highest BCUT2D eigenvalue weighted by Gasteiger charge is 2.25. The maximum absolute atomic E-state index is 14.6. The van der Waals surface area contributed by atoms with Crippen LogP contribution in [0.5, 0.6) is 5.75 Å². The molecule has 0 atom stereocenters. The fraction of sp³-hybridized carbons (Fsp3) is 0.318. The summed E-state index contributed by atoms with van der Waals surface area (Å²) < 4.78 is 21.2. The first-order valence-electron chi connectivity index (χ1n) is 9.56. The summed E-state index contributed by atoms with van der Waals surface area (Å²) in [6.07, 6.45) is 3.58. The van der Waals surface area contributed by atoms with E-state index in [0.29, 0.717) is 21.6 Å². The van der Waals surface area contributed by atoms with Crippen LogP contribution < -0.4 is 15.8 Å². The number of halogens is 1. The second-order valence-electron chi connectivity index (χ2n) is 7.21. The molecule has 4 nitrogen and oxygen atoms in total. The maximum Gasteiger partial charge on any atom is 0.262 e.